The highest BCUT2D eigenvalue weighted by Crippen LogP contribution is 2.31. The van der Waals surface area contributed by atoms with Crippen molar-refractivity contribution in [1.82, 2.24) is 15.5 Å². The minimum Gasteiger partial charge on any atom is -0.444 e. The number of nitrogens with zero attached hydrogens (tertiary/aromatic N) is 1. The van der Waals surface area contributed by atoms with Crippen molar-refractivity contribution in [1.29, 1.82) is 0 Å². The second-order valence-electron chi connectivity index (χ2n) is 14.1. The van der Waals surface area contributed by atoms with Crippen LogP contribution in [0.15, 0.2) is 48.5 Å². The number of alkyl carbamates (subject to hydrolysis) is 1. The topological polar surface area (TPSA) is 87.7 Å². The SMILES string of the molecule is Cc1ccc(C)c(C(C(=O)NC2CCCCC2)N(C(=O)C(Cc2ccccc2)NC(=O)OC(C)(C)C)C(C)CCC(C)C)c1. The minimum absolute atomic E-state index is 0.0896. The highest BCUT2D eigenvalue weighted by molar-refractivity contribution is 5.93. The fourth-order valence-electron chi connectivity index (χ4n) is 5.99. The first-order valence-electron chi connectivity index (χ1n) is 16.5. The van der Waals surface area contributed by atoms with Crippen molar-refractivity contribution < 1.29 is 19.1 Å². The van der Waals surface area contributed by atoms with Gasteiger partial charge in [0.25, 0.3) is 0 Å². The maximum absolute atomic E-state index is 14.9. The average Bonchev–Trinajstić information content (AvgIpc) is 2.95. The van der Waals surface area contributed by atoms with E-state index in [1.165, 1.54) is 6.42 Å². The van der Waals surface area contributed by atoms with Crippen LogP contribution in [0.3, 0.4) is 0 Å². The molecule has 2 aromatic carbocycles. The Morgan fingerprint density at radius 3 is 2.20 bits per heavy atom. The van der Waals surface area contributed by atoms with E-state index in [0.717, 1.165) is 60.8 Å². The molecule has 44 heavy (non-hydrogen) atoms. The van der Waals surface area contributed by atoms with E-state index >= 15 is 0 Å². The van der Waals surface area contributed by atoms with E-state index in [9.17, 15) is 14.4 Å². The fraction of sp³-hybridized carbons (Fsp3) is 0.595. The van der Waals surface area contributed by atoms with E-state index in [1.54, 1.807) is 25.7 Å². The lowest BCUT2D eigenvalue weighted by Crippen LogP contribution is -2.57. The molecule has 0 radical (unpaired) electrons. The van der Waals surface area contributed by atoms with Crippen molar-refractivity contribution in [3.63, 3.8) is 0 Å². The van der Waals surface area contributed by atoms with Gasteiger partial charge in [0.2, 0.25) is 11.8 Å². The normalized spacial score (nSPS) is 16.1. The fourth-order valence-corrected chi connectivity index (χ4v) is 5.99. The molecular weight excluding hydrogens is 550 g/mol. The molecule has 0 saturated heterocycles. The van der Waals surface area contributed by atoms with Gasteiger partial charge in [0.1, 0.15) is 17.7 Å². The summed E-state index contributed by atoms with van der Waals surface area (Å²) in [4.78, 5) is 44.2. The molecule has 3 atom stereocenters. The van der Waals surface area contributed by atoms with Gasteiger partial charge in [-0.25, -0.2) is 4.79 Å². The first-order chi connectivity index (χ1) is 20.7. The first kappa shape index (κ1) is 35.1. The Morgan fingerprint density at radius 1 is 0.932 bits per heavy atom. The number of rotatable bonds is 12. The molecule has 2 N–H and O–H groups in total. The van der Waals surface area contributed by atoms with E-state index in [0.29, 0.717) is 5.92 Å². The van der Waals surface area contributed by atoms with Crippen molar-refractivity contribution in [3.8, 4) is 0 Å². The molecule has 3 amide bonds. The minimum atomic E-state index is -0.927. The van der Waals surface area contributed by atoms with Gasteiger partial charge in [-0.05, 0) is 89.8 Å². The molecule has 1 saturated carbocycles. The lowest BCUT2D eigenvalue weighted by Gasteiger charge is -2.40. The number of carbonyl (C=O) groups excluding carboxylic acids is 3. The van der Waals surface area contributed by atoms with Gasteiger partial charge in [0, 0.05) is 18.5 Å². The zero-order valence-electron chi connectivity index (χ0n) is 28.2. The molecule has 0 spiro atoms. The summed E-state index contributed by atoms with van der Waals surface area (Å²) in [5.74, 6) is -0.0172. The van der Waals surface area contributed by atoms with Gasteiger partial charge in [-0.1, -0.05) is 87.2 Å². The summed E-state index contributed by atoms with van der Waals surface area (Å²) in [5.41, 5.74) is 2.98. The maximum atomic E-state index is 14.9. The van der Waals surface area contributed by atoms with Crippen molar-refractivity contribution in [2.24, 2.45) is 5.92 Å². The largest absolute Gasteiger partial charge is 0.444 e. The van der Waals surface area contributed by atoms with Crippen LogP contribution in [0.1, 0.15) is 115 Å². The zero-order chi connectivity index (χ0) is 32.4. The number of ether oxygens (including phenoxy) is 1. The average molecular weight is 606 g/mol. The van der Waals surface area contributed by atoms with Crippen molar-refractivity contribution in [2.45, 2.75) is 137 Å². The van der Waals surface area contributed by atoms with Crippen LogP contribution in [0.2, 0.25) is 0 Å². The van der Waals surface area contributed by atoms with Crippen LogP contribution in [0.25, 0.3) is 0 Å². The van der Waals surface area contributed by atoms with Gasteiger partial charge < -0.3 is 20.3 Å². The molecule has 0 aliphatic heterocycles. The van der Waals surface area contributed by atoms with Crippen LogP contribution in [0.4, 0.5) is 4.79 Å². The van der Waals surface area contributed by atoms with Gasteiger partial charge in [-0.15, -0.1) is 0 Å². The van der Waals surface area contributed by atoms with Gasteiger partial charge >= 0.3 is 6.09 Å². The standard InChI is InChI=1S/C37H55N3O4/c1-25(2)19-22-28(5)40(35(42)32(24-29-15-11-9-12-16-29)39-36(43)44-37(6,7)8)33(31-23-26(3)20-21-27(31)4)34(41)38-30-17-13-10-14-18-30/h9,11-12,15-16,20-21,23,25,28,30,32-33H,10,13-14,17-19,22,24H2,1-8H3,(H,38,41)(H,39,43). The Balaban J connectivity index is 2.12. The van der Waals surface area contributed by atoms with Crippen LogP contribution >= 0.6 is 0 Å². The lowest BCUT2D eigenvalue weighted by molar-refractivity contribution is -0.145. The molecule has 7 nitrogen and oxygen atoms in total. The molecule has 1 fully saturated rings. The Bertz CT molecular complexity index is 1230. The molecule has 2 aromatic rings. The number of hydrogen-bond acceptors (Lipinski definition) is 4. The molecule has 1 aliphatic carbocycles. The molecule has 3 unspecified atom stereocenters. The van der Waals surface area contributed by atoms with Crippen molar-refractivity contribution >= 4 is 17.9 Å². The van der Waals surface area contributed by atoms with Crippen LogP contribution in [0.5, 0.6) is 0 Å². The summed E-state index contributed by atoms with van der Waals surface area (Å²) in [6.45, 7) is 15.8. The summed E-state index contributed by atoms with van der Waals surface area (Å²) in [6, 6.07) is 13.8. The molecular formula is C37H55N3O4. The van der Waals surface area contributed by atoms with Crippen LogP contribution in [-0.4, -0.2) is 46.5 Å². The van der Waals surface area contributed by atoms with Crippen molar-refractivity contribution in [3.05, 3.63) is 70.8 Å². The lowest BCUT2D eigenvalue weighted by atomic mass is 9.91. The number of amides is 3. The molecule has 0 heterocycles. The first-order valence-corrected chi connectivity index (χ1v) is 16.5. The van der Waals surface area contributed by atoms with E-state index in [4.69, 9.17) is 4.74 Å². The van der Waals surface area contributed by atoms with Crippen molar-refractivity contribution in [2.75, 3.05) is 0 Å². The number of hydrogen-bond donors (Lipinski definition) is 2. The maximum Gasteiger partial charge on any atom is 0.408 e. The Labute approximate surface area is 265 Å². The number of nitrogens with one attached hydrogen (secondary N) is 2. The summed E-state index contributed by atoms with van der Waals surface area (Å²) in [5, 5.41) is 6.23. The molecule has 242 valence electrons. The van der Waals surface area contributed by atoms with Gasteiger partial charge in [-0.3, -0.25) is 9.59 Å². The third-order valence-electron chi connectivity index (χ3n) is 8.37. The molecule has 0 bridgehead atoms. The predicted octanol–water partition coefficient (Wildman–Crippen LogP) is 7.58. The van der Waals surface area contributed by atoms with E-state index in [2.05, 4.69) is 24.5 Å². The van der Waals surface area contributed by atoms with Gasteiger partial charge in [0.15, 0.2) is 0 Å². The summed E-state index contributed by atoms with van der Waals surface area (Å²) in [6.07, 6.45) is 6.49. The second kappa shape index (κ2) is 16.1. The Hall–Kier alpha value is -3.35. The van der Waals surface area contributed by atoms with E-state index in [1.807, 2.05) is 69.3 Å². The third kappa shape index (κ3) is 10.7. The second-order valence-corrected chi connectivity index (χ2v) is 14.1. The number of aryl methyl sites for hydroxylation is 2. The monoisotopic (exact) mass is 605 g/mol. The summed E-state index contributed by atoms with van der Waals surface area (Å²) < 4.78 is 5.60. The van der Waals surface area contributed by atoms with E-state index in [-0.39, 0.29) is 30.3 Å². The third-order valence-corrected chi connectivity index (χ3v) is 8.37. The molecule has 7 heteroatoms. The highest BCUT2D eigenvalue weighted by Gasteiger charge is 2.40. The van der Waals surface area contributed by atoms with Crippen LogP contribution in [-0.2, 0) is 20.7 Å². The Morgan fingerprint density at radius 2 is 1.59 bits per heavy atom. The van der Waals surface area contributed by atoms with Gasteiger partial charge in [-0.2, -0.15) is 0 Å². The highest BCUT2D eigenvalue weighted by atomic mass is 16.6. The summed E-state index contributed by atoms with van der Waals surface area (Å²) >= 11 is 0. The predicted molar refractivity (Wildman–Crippen MR) is 177 cm³/mol. The molecule has 1 aliphatic rings. The van der Waals surface area contributed by atoms with E-state index < -0.39 is 23.8 Å². The molecule has 3 rings (SSSR count). The molecule has 0 aromatic heterocycles. The smallest absolute Gasteiger partial charge is 0.408 e. The van der Waals surface area contributed by atoms with Gasteiger partial charge in [0.05, 0.1) is 0 Å². The van der Waals surface area contributed by atoms with Crippen LogP contribution in [0, 0.1) is 19.8 Å². The summed E-state index contributed by atoms with van der Waals surface area (Å²) in [7, 11) is 0. The Kier molecular flexibility index (Phi) is 12.9. The number of benzene rings is 2. The quantitative estimate of drug-likeness (QED) is 0.261. The zero-order valence-corrected chi connectivity index (χ0v) is 28.2. The van der Waals surface area contributed by atoms with Crippen LogP contribution < -0.4 is 10.6 Å². The number of carbonyl (C=O) groups is 3.